The van der Waals surface area contributed by atoms with Gasteiger partial charge in [0.1, 0.15) is 35.8 Å². The maximum atomic E-state index is 13.9. The van der Waals surface area contributed by atoms with E-state index in [0.29, 0.717) is 35.9 Å². The van der Waals surface area contributed by atoms with Crippen molar-refractivity contribution in [2.75, 3.05) is 27.3 Å². The molecule has 0 bridgehead atoms. The zero-order valence-electron chi connectivity index (χ0n) is 32.8. The molecular weight excluding hydrogens is 761 g/mol. The molecule has 0 fully saturated rings. The van der Waals surface area contributed by atoms with Crippen LogP contribution in [0.3, 0.4) is 0 Å². The van der Waals surface area contributed by atoms with Crippen LogP contribution in [0.5, 0.6) is 0 Å². The minimum Gasteiger partial charge on any atom is -0.453 e. The van der Waals surface area contributed by atoms with E-state index in [1.165, 1.54) is 14.2 Å². The SMILES string of the molecule is COC(=O)NC(C(=O)N1CC=CC1c1ncc(-c2ccc(-c3ccc(-c4cnc([C@@H]5C=CCN5C(=O)C(NC(=O)OC)c5ccccc5)[nH]4)cc3)cc2)[nH]1)c1ccccc1. The number of nitrogens with zero attached hydrogens (tertiary/aromatic N) is 4. The second kappa shape index (κ2) is 17.4. The molecule has 3 unspecified atom stereocenters. The summed E-state index contributed by atoms with van der Waals surface area (Å²) in [5, 5.41) is 5.36. The number of hydrogen-bond acceptors (Lipinski definition) is 8. The first kappa shape index (κ1) is 39.1. The van der Waals surface area contributed by atoms with Gasteiger partial charge in [0, 0.05) is 13.1 Å². The fourth-order valence-electron chi connectivity index (χ4n) is 7.48. The molecule has 6 aromatic rings. The molecule has 14 nitrogen and oxygen atoms in total. The molecule has 4 aromatic carbocycles. The second-order valence-electron chi connectivity index (χ2n) is 14.2. The lowest BCUT2D eigenvalue weighted by Gasteiger charge is -2.28. The van der Waals surface area contributed by atoms with Gasteiger partial charge in [0.25, 0.3) is 11.8 Å². The van der Waals surface area contributed by atoms with Gasteiger partial charge in [-0.2, -0.15) is 0 Å². The third-order valence-electron chi connectivity index (χ3n) is 10.6. The van der Waals surface area contributed by atoms with Gasteiger partial charge in [-0.1, -0.05) is 133 Å². The lowest BCUT2D eigenvalue weighted by molar-refractivity contribution is -0.134. The van der Waals surface area contributed by atoms with E-state index < -0.39 is 36.4 Å². The standard InChI is InChI=1S/C46H42N8O6/c1-59-45(57)51-39(33-11-5-3-6-12-33)43(55)53-25-9-15-37(53)41-47-27-35(49-41)31-21-17-29(18-22-31)30-19-23-32(24-20-30)36-28-48-42(50-36)38-16-10-26-54(38)44(56)40(52-46(58)60-2)34-13-7-4-8-14-34/h3-24,27-28,37-40H,25-26H2,1-2H3,(H,47,49)(H,48,50)(H,51,57)(H,52,58)/t37-,38?,39?,40?/m0/s1. The van der Waals surface area contributed by atoms with Crippen LogP contribution in [0.2, 0.25) is 0 Å². The van der Waals surface area contributed by atoms with Gasteiger partial charge in [-0.15, -0.1) is 0 Å². The number of benzene rings is 4. The first-order valence-electron chi connectivity index (χ1n) is 19.4. The Balaban J connectivity index is 0.930. The van der Waals surface area contributed by atoms with Gasteiger partial charge in [0.05, 0.1) is 38.0 Å². The Bertz CT molecular complexity index is 2360. The molecule has 0 saturated carbocycles. The van der Waals surface area contributed by atoms with E-state index in [2.05, 4.69) is 30.6 Å². The Morgan fingerprint density at radius 2 is 0.933 bits per heavy atom. The van der Waals surface area contributed by atoms with E-state index in [1.807, 2.05) is 109 Å². The number of imidazole rings is 2. The number of H-pyrrole nitrogens is 2. The summed E-state index contributed by atoms with van der Waals surface area (Å²) < 4.78 is 9.62. The molecule has 0 spiro atoms. The van der Waals surface area contributed by atoms with Crippen molar-refractivity contribution in [1.82, 2.24) is 40.4 Å². The molecule has 0 radical (unpaired) electrons. The quantitative estimate of drug-likeness (QED) is 0.0995. The topological polar surface area (TPSA) is 175 Å². The minimum absolute atomic E-state index is 0.281. The lowest BCUT2D eigenvalue weighted by Crippen LogP contribution is -2.43. The first-order valence-corrected chi connectivity index (χ1v) is 19.4. The van der Waals surface area contributed by atoms with E-state index in [9.17, 15) is 19.2 Å². The zero-order chi connectivity index (χ0) is 41.6. The van der Waals surface area contributed by atoms with Crippen molar-refractivity contribution in [1.29, 1.82) is 0 Å². The summed E-state index contributed by atoms with van der Waals surface area (Å²) in [7, 11) is 2.53. The van der Waals surface area contributed by atoms with Crippen LogP contribution in [0.4, 0.5) is 9.59 Å². The first-order chi connectivity index (χ1) is 29.3. The predicted octanol–water partition coefficient (Wildman–Crippen LogP) is 7.21. The van der Waals surface area contributed by atoms with E-state index in [4.69, 9.17) is 9.47 Å². The predicted molar refractivity (Wildman–Crippen MR) is 224 cm³/mol. The number of aromatic nitrogens is 4. The molecule has 4 amide bonds. The summed E-state index contributed by atoms with van der Waals surface area (Å²) in [4.78, 5) is 71.5. The summed E-state index contributed by atoms with van der Waals surface area (Å²) >= 11 is 0. The number of methoxy groups -OCH3 is 2. The van der Waals surface area contributed by atoms with Crippen molar-refractivity contribution in [3.05, 3.63) is 169 Å². The molecule has 4 N–H and O–H groups in total. The van der Waals surface area contributed by atoms with Gasteiger partial charge >= 0.3 is 12.2 Å². The molecule has 2 aliphatic rings. The number of aromatic amines is 2. The van der Waals surface area contributed by atoms with Crippen LogP contribution in [0.1, 0.15) is 46.9 Å². The van der Waals surface area contributed by atoms with Crippen LogP contribution in [0.15, 0.2) is 146 Å². The molecule has 2 aromatic heterocycles. The van der Waals surface area contributed by atoms with Crippen molar-refractivity contribution < 1.29 is 28.7 Å². The molecular formula is C46H42N8O6. The Kier molecular flexibility index (Phi) is 11.3. The van der Waals surface area contributed by atoms with E-state index in [0.717, 1.165) is 33.6 Å². The van der Waals surface area contributed by atoms with Crippen molar-refractivity contribution in [3.63, 3.8) is 0 Å². The number of alkyl carbamates (subject to hydrolysis) is 2. The largest absolute Gasteiger partial charge is 0.453 e. The fraction of sp³-hybridized carbons (Fsp3) is 0.174. The van der Waals surface area contributed by atoms with Gasteiger partial charge < -0.3 is 39.9 Å². The molecule has 8 rings (SSSR count). The van der Waals surface area contributed by atoms with Crippen LogP contribution in [-0.4, -0.2) is 81.0 Å². The molecule has 302 valence electrons. The lowest BCUT2D eigenvalue weighted by atomic mass is 10.0. The van der Waals surface area contributed by atoms with E-state index in [1.54, 1.807) is 46.5 Å². The Morgan fingerprint density at radius 1 is 0.567 bits per heavy atom. The zero-order valence-corrected chi connectivity index (χ0v) is 32.8. The smallest absolute Gasteiger partial charge is 0.407 e. The Morgan fingerprint density at radius 3 is 1.30 bits per heavy atom. The van der Waals surface area contributed by atoms with E-state index >= 15 is 0 Å². The summed E-state index contributed by atoms with van der Waals surface area (Å²) in [6, 6.07) is 31.7. The molecule has 0 saturated heterocycles. The second-order valence-corrected chi connectivity index (χ2v) is 14.2. The normalized spacial score (nSPS) is 16.6. The van der Waals surface area contributed by atoms with Crippen molar-refractivity contribution in [3.8, 4) is 33.6 Å². The van der Waals surface area contributed by atoms with Crippen LogP contribution >= 0.6 is 0 Å². The molecule has 60 heavy (non-hydrogen) atoms. The summed E-state index contributed by atoms with van der Waals surface area (Å²) in [6.45, 7) is 0.733. The highest BCUT2D eigenvalue weighted by Crippen LogP contribution is 2.33. The highest BCUT2D eigenvalue weighted by atomic mass is 16.5. The highest BCUT2D eigenvalue weighted by molar-refractivity contribution is 5.89. The number of rotatable bonds is 11. The number of carbonyl (C=O) groups excluding carboxylic acids is 4. The van der Waals surface area contributed by atoms with Crippen molar-refractivity contribution >= 4 is 24.0 Å². The summed E-state index contributed by atoms with van der Waals surface area (Å²) in [6.07, 6.45) is 9.79. The maximum absolute atomic E-state index is 13.9. The Hall–Kier alpha value is -7.74. The molecule has 14 heteroatoms. The number of amides is 4. The monoisotopic (exact) mass is 802 g/mol. The van der Waals surface area contributed by atoms with Crippen molar-refractivity contribution in [2.24, 2.45) is 0 Å². The molecule has 0 aliphatic carbocycles. The molecule has 4 heterocycles. The molecule has 4 atom stereocenters. The molecule has 2 aliphatic heterocycles. The third kappa shape index (κ3) is 8.16. The van der Waals surface area contributed by atoms with Gasteiger partial charge in [0.2, 0.25) is 0 Å². The van der Waals surface area contributed by atoms with Gasteiger partial charge in [0.15, 0.2) is 0 Å². The van der Waals surface area contributed by atoms with Crippen LogP contribution < -0.4 is 10.6 Å². The number of carbonyl (C=O) groups is 4. The Labute approximate surface area is 346 Å². The fourth-order valence-corrected chi connectivity index (χ4v) is 7.48. The number of nitrogens with one attached hydrogen (secondary N) is 4. The van der Waals surface area contributed by atoms with Gasteiger partial charge in [-0.3, -0.25) is 9.59 Å². The minimum atomic E-state index is -0.926. The van der Waals surface area contributed by atoms with Gasteiger partial charge in [-0.05, 0) is 33.4 Å². The van der Waals surface area contributed by atoms with Gasteiger partial charge in [-0.25, -0.2) is 19.6 Å². The van der Waals surface area contributed by atoms with Crippen LogP contribution in [0, 0.1) is 0 Å². The van der Waals surface area contributed by atoms with Crippen LogP contribution in [0.25, 0.3) is 33.6 Å². The highest BCUT2D eigenvalue weighted by Gasteiger charge is 2.36. The maximum Gasteiger partial charge on any atom is 0.407 e. The average Bonchev–Trinajstić information content (AvgIpc) is 4.15. The van der Waals surface area contributed by atoms with Crippen LogP contribution in [-0.2, 0) is 19.1 Å². The summed E-state index contributed by atoms with van der Waals surface area (Å²) in [5.74, 6) is 0.648. The third-order valence-corrected chi connectivity index (χ3v) is 10.6. The summed E-state index contributed by atoms with van der Waals surface area (Å²) in [5.41, 5.74) is 6.80. The van der Waals surface area contributed by atoms with E-state index in [-0.39, 0.29) is 11.8 Å². The van der Waals surface area contributed by atoms with Crippen molar-refractivity contribution in [2.45, 2.75) is 24.2 Å². The number of ether oxygens (including phenoxy) is 2. The number of hydrogen-bond donors (Lipinski definition) is 4. The average molecular weight is 803 g/mol.